The summed E-state index contributed by atoms with van der Waals surface area (Å²) in [4.78, 5) is 10.7. The molecule has 0 unspecified atom stereocenters. The summed E-state index contributed by atoms with van der Waals surface area (Å²) in [6, 6.07) is 4.45. The number of carboxylic acid groups (broad SMARTS) is 1. The highest BCUT2D eigenvalue weighted by Crippen LogP contribution is 2.11. The molecule has 72 valence electrons. The number of hydrogen-bond donors (Lipinski definition) is 3. The van der Waals surface area contributed by atoms with Crippen LogP contribution in [-0.2, 0) is 0 Å². The van der Waals surface area contributed by atoms with Crippen LogP contribution in [0.5, 0.6) is 0 Å². The van der Waals surface area contributed by atoms with Crippen LogP contribution in [0.2, 0.25) is 0 Å². The second kappa shape index (κ2) is 4.30. The van der Waals surface area contributed by atoms with Crippen molar-refractivity contribution in [3.05, 3.63) is 29.3 Å². The van der Waals surface area contributed by atoms with Crippen LogP contribution in [0, 0.1) is 11.8 Å². The molecule has 1 aromatic carbocycles. The van der Waals surface area contributed by atoms with E-state index in [4.69, 9.17) is 16.6 Å². The zero-order chi connectivity index (χ0) is 10.6. The van der Waals surface area contributed by atoms with Crippen LogP contribution in [0.25, 0.3) is 0 Å². The maximum absolute atomic E-state index is 10.7. The number of hydrogen-bond acceptors (Lipinski definition) is 3. The molecule has 0 saturated carbocycles. The Labute approximate surface area is 81.5 Å². The van der Waals surface area contributed by atoms with Crippen LogP contribution in [0.1, 0.15) is 15.9 Å². The summed E-state index contributed by atoms with van der Waals surface area (Å²) in [7, 11) is 0. The van der Waals surface area contributed by atoms with E-state index in [1.165, 1.54) is 12.1 Å². The molecule has 0 spiro atoms. The van der Waals surface area contributed by atoms with Gasteiger partial charge in [0, 0.05) is 11.3 Å². The lowest BCUT2D eigenvalue weighted by Crippen LogP contribution is -1.99. The van der Waals surface area contributed by atoms with Crippen molar-refractivity contribution in [1.82, 2.24) is 0 Å². The first-order valence-electron chi connectivity index (χ1n) is 3.96. The van der Waals surface area contributed by atoms with Crippen molar-refractivity contribution in [2.45, 2.75) is 0 Å². The topological polar surface area (TPSA) is 89.3 Å². The van der Waals surface area contributed by atoms with E-state index < -0.39 is 5.97 Å². The number of aromatic carboxylic acids is 1. The Morgan fingerprint density at radius 2 is 2.14 bits per heavy atom. The molecule has 0 fully saturated rings. The molecule has 1 rings (SSSR count). The third kappa shape index (κ3) is 2.51. The molecule has 4 nitrogen and oxygen atoms in total. The maximum atomic E-state index is 10.7. The predicted molar refractivity (Wildman–Crippen MR) is 53.7 cm³/mol. The number of carbonyl (C=O) groups is 1. The van der Waals surface area contributed by atoms with Gasteiger partial charge in [-0.3, -0.25) is 0 Å². The average molecular weight is 190 g/mol. The molecular formula is C10H10N2O2. The van der Waals surface area contributed by atoms with Gasteiger partial charge in [-0.25, -0.2) is 4.79 Å². The van der Waals surface area contributed by atoms with Crippen LogP contribution in [0.3, 0.4) is 0 Å². The van der Waals surface area contributed by atoms with Gasteiger partial charge in [0.2, 0.25) is 0 Å². The molecule has 14 heavy (non-hydrogen) atoms. The van der Waals surface area contributed by atoms with Crippen LogP contribution in [0.4, 0.5) is 5.69 Å². The molecule has 5 N–H and O–H groups in total. The number of nitrogen functional groups attached to an aromatic ring is 1. The SMILES string of the molecule is NCC#Cc1cc(N)cc(C(=O)O)c1. The lowest BCUT2D eigenvalue weighted by molar-refractivity contribution is 0.0697. The van der Waals surface area contributed by atoms with Gasteiger partial charge >= 0.3 is 5.97 Å². The summed E-state index contributed by atoms with van der Waals surface area (Å²) in [5, 5.41) is 8.73. The minimum absolute atomic E-state index is 0.131. The van der Waals surface area contributed by atoms with Crippen molar-refractivity contribution in [3.63, 3.8) is 0 Å². The molecule has 0 radical (unpaired) electrons. The molecule has 0 amide bonds. The first kappa shape index (κ1) is 10.1. The Hall–Kier alpha value is -1.99. The molecule has 0 aliphatic heterocycles. The fourth-order valence-corrected chi connectivity index (χ4v) is 1.00. The molecular weight excluding hydrogens is 180 g/mol. The quantitative estimate of drug-likeness (QED) is 0.438. The fourth-order valence-electron chi connectivity index (χ4n) is 1.00. The third-order valence-electron chi connectivity index (χ3n) is 1.54. The highest BCUT2D eigenvalue weighted by Gasteiger charge is 2.03. The first-order chi connectivity index (χ1) is 6.63. The van der Waals surface area contributed by atoms with Crippen molar-refractivity contribution < 1.29 is 9.90 Å². The lowest BCUT2D eigenvalue weighted by atomic mass is 10.1. The number of benzene rings is 1. The monoisotopic (exact) mass is 190 g/mol. The van der Waals surface area contributed by atoms with Crippen molar-refractivity contribution in [3.8, 4) is 11.8 Å². The van der Waals surface area contributed by atoms with Gasteiger partial charge in [-0.05, 0) is 18.2 Å². The molecule has 0 bridgehead atoms. The van der Waals surface area contributed by atoms with E-state index in [-0.39, 0.29) is 12.1 Å². The predicted octanol–water partition coefficient (Wildman–Crippen LogP) is 0.277. The third-order valence-corrected chi connectivity index (χ3v) is 1.54. The normalized spacial score (nSPS) is 8.93. The van der Waals surface area contributed by atoms with Gasteiger partial charge in [0.25, 0.3) is 0 Å². The lowest BCUT2D eigenvalue weighted by Gasteiger charge is -1.98. The van der Waals surface area contributed by atoms with Crippen molar-refractivity contribution in [2.24, 2.45) is 5.73 Å². The number of anilines is 1. The average Bonchev–Trinajstić information content (AvgIpc) is 2.14. The Balaban J connectivity index is 3.13. The minimum atomic E-state index is -1.02. The molecule has 1 aromatic rings. The Bertz CT molecular complexity index is 416. The summed E-state index contributed by atoms with van der Waals surface area (Å²) in [5.74, 6) is 4.33. The van der Waals surface area contributed by atoms with E-state index in [1.54, 1.807) is 6.07 Å². The number of rotatable bonds is 1. The molecule has 0 aliphatic rings. The smallest absolute Gasteiger partial charge is 0.335 e. The summed E-state index contributed by atoms with van der Waals surface area (Å²) < 4.78 is 0. The van der Waals surface area contributed by atoms with Gasteiger partial charge < -0.3 is 16.6 Å². The van der Waals surface area contributed by atoms with E-state index >= 15 is 0 Å². The summed E-state index contributed by atoms with van der Waals surface area (Å²) >= 11 is 0. The summed E-state index contributed by atoms with van der Waals surface area (Å²) in [5.41, 5.74) is 11.8. The zero-order valence-corrected chi connectivity index (χ0v) is 7.45. The van der Waals surface area contributed by atoms with E-state index in [9.17, 15) is 4.79 Å². The van der Waals surface area contributed by atoms with E-state index in [1.807, 2.05) is 0 Å². The molecule has 0 aromatic heterocycles. The van der Waals surface area contributed by atoms with Crippen LogP contribution in [-0.4, -0.2) is 17.6 Å². The van der Waals surface area contributed by atoms with E-state index in [0.717, 1.165) is 0 Å². The Morgan fingerprint density at radius 3 is 2.71 bits per heavy atom. The summed E-state index contributed by atoms with van der Waals surface area (Å²) in [6.45, 7) is 0.233. The van der Waals surface area contributed by atoms with E-state index in [0.29, 0.717) is 11.3 Å². The number of nitrogens with two attached hydrogens (primary N) is 2. The van der Waals surface area contributed by atoms with Gasteiger partial charge in [-0.1, -0.05) is 11.8 Å². The van der Waals surface area contributed by atoms with Gasteiger partial charge in [0.1, 0.15) is 0 Å². The van der Waals surface area contributed by atoms with Crippen LogP contribution >= 0.6 is 0 Å². The molecule has 0 atom stereocenters. The van der Waals surface area contributed by atoms with Crippen molar-refractivity contribution in [2.75, 3.05) is 12.3 Å². The molecule has 0 aliphatic carbocycles. The van der Waals surface area contributed by atoms with E-state index in [2.05, 4.69) is 11.8 Å². The summed E-state index contributed by atoms with van der Waals surface area (Å²) in [6.07, 6.45) is 0. The maximum Gasteiger partial charge on any atom is 0.335 e. The zero-order valence-electron chi connectivity index (χ0n) is 7.45. The minimum Gasteiger partial charge on any atom is -0.478 e. The highest BCUT2D eigenvalue weighted by atomic mass is 16.4. The van der Waals surface area contributed by atoms with Crippen molar-refractivity contribution >= 4 is 11.7 Å². The fraction of sp³-hybridized carbons (Fsp3) is 0.100. The van der Waals surface area contributed by atoms with Crippen molar-refractivity contribution in [1.29, 1.82) is 0 Å². The van der Waals surface area contributed by atoms with Crippen LogP contribution < -0.4 is 11.5 Å². The first-order valence-corrected chi connectivity index (χ1v) is 3.96. The largest absolute Gasteiger partial charge is 0.478 e. The van der Waals surface area contributed by atoms with Crippen LogP contribution in [0.15, 0.2) is 18.2 Å². The van der Waals surface area contributed by atoms with Gasteiger partial charge in [-0.15, -0.1) is 0 Å². The second-order valence-electron chi connectivity index (χ2n) is 2.65. The van der Waals surface area contributed by atoms with Gasteiger partial charge in [0.05, 0.1) is 12.1 Å². The Kier molecular flexibility index (Phi) is 3.10. The van der Waals surface area contributed by atoms with Gasteiger partial charge in [0.15, 0.2) is 0 Å². The standard InChI is InChI=1S/C10H10N2O2/c11-3-1-2-7-4-8(10(13)14)6-9(12)5-7/h4-6H,3,11-12H2,(H,13,14). The molecule has 0 heterocycles. The highest BCUT2D eigenvalue weighted by molar-refractivity contribution is 5.89. The van der Waals surface area contributed by atoms with Gasteiger partial charge in [-0.2, -0.15) is 0 Å². The molecule has 4 heteroatoms. The second-order valence-corrected chi connectivity index (χ2v) is 2.65. The number of carboxylic acids is 1. The molecule has 0 saturated heterocycles. The Morgan fingerprint density at radius 1 is 1.43 bits per heavy atom.